The maximum Gasteiger partial charge on any atom is 0.340 e. The molecule has 0 atom stereocenters. The van der Waals surface area contributed by atoms with Gasteiger partial charge in [-0.15, -0.1) is 0 Å². The van der Waals surface area contributed by atoms with E-state index in [1.807, 2.05) is 49.6 Å². The maximum absolute atomic E-state index is 12.5. The second-order valence-electron chi connectivity index (χ2n) is 5.89. The fourth-order valence-corrected chi connectivity index (χ4v) is 2.94. The fraction of sp³-hybridized carbons (Fsp3) is 0.350. The maximum atomic E-state index is 12.5. The van der Waals surface area contributed by atoms with Crippen LogP contribution in [0.4, 0.5) is 5.69 Å². The van der Waals surface area contributed by atoms with Gasteiger partial charge in [-0.2, -0.15) is 5.26 Å². The van der Waals surface area contributed by atoms with Gasteiger partial charge in [0.25, 0.3) is 5.91 Å². The first-order valence-corrected chi connectivity index (χ1v) is 8.55. The third-order valence-electron chi connectivity index (χ3n) is 4.25. The minimum absolute atomic E-state index is 0.201. The van der Waals surface area contributed by atoms with Crippen LogP contribution in [-0.2, 0) is 16.1 Å². The molecule has 0 aliphatic rings. The lowest BCUT2D eigenvalue weighted by Crippen LogP contribution is -2.35. The number of aromatic nitrogens is 1. The first kappa shape index (κ1) is 19.3. The highest BCUT2D eigenvalue weighted by atomic mass is 16.5. The highest BCUT2D eigenvalue weighted by Gasteiger charge is 2.20. The predicted molar refractivity (Wildman–Crippen MR) is 98.9 cm³/mol. The molecule has 136 valence electrons. The zero-order valence-corrected chi connectivity index (χ0v) is 15.4. The summed E-state index contributed by atoms with van der Waals surface area (Å²) in [6.45, 7) is 6.44. The van der Waals surface area contributed by atoms with E-state index in [1.165, 1.54) is 4.90 Å². The summed E-state index contributed by atoms with van der Waals surface area (Å²) in [5, 5.41) is 8.82. The van der Waals surface area contributed by atoms with E-state index in [0.29, 0.717) is 11.3 Å². The molecule has 2 aromatic rings. The molecule has 1 heterocycles. The Morgan fingerprint density at radius 3 is 2.50 bits per heavy atom. The molecule has 1 amide bonds. The van der Waals surface area contributed by atoms with Gasteiger partial charge in [-0.25, -0.2) is 4.79 Å². The SMILES string of the molecule is CCn1c(C)cc(C(=O)OCC(=O)N(CCC#N)c2ccccc2)c1C. The summed E-state index contributed by atoms with van der Waals surface area (Å²) in [6.07, 6.45) is 0.201. The average molecular weight is 353 g/mol. The minimum atomic E-state index is -0.514. The zero-order chi connectivity index (χ0) is 19.1. The molecule has 0 saturated heterocycles. The Balaban J connectivity index is 2.08. The Hall–Kier alpha value is -3.07. The molecule has 0 N–H and O–H groups in total. The van der Waals surface area contributed by atoms with Gasteiger partial charge in [-0.1, -0.05) is 18.2 Å². The second-order valence-corrected chi connectivity index (χ2v) is 5.89. The number of esters is 1. The molecule has 0 radical (unpaired) electrons. The molecular formula is C20H23N3O3. The van der Waals surface area contributed by atoms with Crippen molar-refractivity contribution in [3.05, 3.63) is 53.3 Å². The topological polar surface area (TPSA) is 75.3 Å². The quantitative estimate of drug-likeness (QED) is 0.716. The molecular weight excluding hydrogens is 330 g/mol. The number of nitriles is 1. The van der Waals surface area contributed by atoms with Gasteiger partial charge < -0.3 is 14.2 Å². The van der Waals surface area contributed by atoms with Crippen LogP contribution in [0, 0.1) is 25.2 Å². The van der Waals surface area contributed by atoms with Crippen molar-refractivity contribution in [2.75, 3.05) is 18.1 Å². The molecule has 0 fully saturated rings. The molecule has 0 saturated carbocycles. The van der Waals surface area contributed by atoms with E-state index >= 15 is 0 Å². The van der Waals surface area contributed by atoms with Crippen molar-refractivity contribution in [1.82, 2.24) is 4.57 Å². The second kappa shape index (κ2) is 8.86. The van der Waals surface area contributed by atoms with Gasteiger partial charge >= 0.3 is 5.97 Å². The summed E-state index contributed by atoms with van der Waals surface area (Å²) in [5.74, 6) is -0.872. The third kappa shape index (κ3) is 4.31. The van der Waals surface area contributed by atoms with Crippen LogP contribution in [0.2, 0.25) is 0 Å². The van der Waals surface area contributed by atoms with Crippen LogP contribution in [0.15, 0.2) is 36.4 Å². The van der Waals surface area contributed by atoms with Crippen molar-refractivity contribution in [2.24, 2.45) is 0 Å². The Morgan fingerprint density at radius 2 is 1.92 bits per heavy atom. The van der Waals surface area contributed by atoms with Gasteiger partial charge in [-0.05, 0) is 39.0 Å². The number of aryl methyl sites for hydroxylation is 1. The van der Waals surface area contributed by atoms with Crippen molar-refractivity contribution < 1.29 is 14.3 Å². The summed E-state index contributed by atoms with van der Waals surface area (Å²) < 4.78 is 7.26. The largest absolute Gasteiger partial charge is 0.452 e. The Labute approximate surface area is 153 Å². The molecule has 2 rings (SSSR count). The van der Waals surface area contributed by atoms with Crippen molar-refractivity contribution in [3.63, 3.8) is 0 Å². The zero-order valence-electron chi connectivity index (χ0n) is 15.4. The number of carbonyl (C=O) groups excluding carboxylic acids is 2. The van der Waals surface area contributed by atoms with E-state index in [1.54, 1.807) is 18.2 Å². The average Bonchev–Trinajstić information content (AvgIpc) is 2.94. The number of rotatable bonds is 7. The van der Waals surface area contributed by atoms with Crippen LogP contribution < -0.4 is 4.90 Å². The van der Waals surface area contributed by atoms with Crippen LogP contribution in [-0.4, -0.2) is 29.6 Å². The molecule has 6 nitrogen and oxygen atoms in total. The predicted octanol–water partition coefficient (Wildman–Crippen LogP) is 3.23. The lowest BCUT2D eigenvalue weighted by Gasteiger charge is -2.21. The Kier molecular flexibility index (Phi) is 6.56. The van der Waals surface area contributed by atoms with E-state index in [9.17, 15) is 9.59 Å². The molecule has 1 aromatic heterocycles. The van der Waals surface area contributed by atoms with Crippen LogP contribution in [0.25, 0.3) is 0 Å². The Bertz CT molecular complexity index is 819. The minimum Gasteiger partial charge on any atom is -0.452 e. The molecule has 26 heavy (non-hydrogen) atoms. The summed E-state index contributed by atoms with van der Waals surface area (Å²) in [5.41, 5.74) is 2.95. The van der Waals surface area contributed by atoms with E-state index in [0.717, 1.165) is 17.9 Å². The standard InChI is InChI=1S/C20H23N3O3/c1-4-22-15(2)13-18(16(22)3)20(25)26-14-19(24)23(12-8-11-21)17-9-6-5-7-10-17/h5-7,9-10,13H,4,8,12,14H2,1-3H3. The number of hydrogen-bond donors (Lipinski definition) is 0. The fourth-order valence-electron chi connectivity index (χ4n) is 2.94. The number of nitrogens with zero attached hydrogens (tertiary/aromatic N) is 3. The summed E-state index contributed by atoms with van der Waals surface area (Å²) in [4.78, 5) is 26.4. The van der Waals surface area contributed by atoms with Gasteiger partial charge in [0.05, 0.1) is 18.1 Å². The number of benzene rings is 1. The van der Waals surface area contributed by atoms with Crippen molar-refractivity contribution >= 4 is 17.6 Å². The van der Waals surface area contributed by atoms with E-state index in [4.69, 9.17) is 10.00 Å². The van der Waals surface area contributed by atoms with Crippen molar-refractivity contribution in [2.45, 2.75) is 33.7 Å². The van der Waals surface area contributed by atoms with Crippen molar-refractivity contribution in [1.29, 1.82) is 5.26 Å². The summed E-state index contributed by atoms with van der Waals surface area (Å²) in [7, 11) is 0. The number of anilines is 1. The van der Waals surface area contributed by atoms with Crippen LogP contribution >= 0.6 is 0 Å². The van der Waals surface area contributed by atoms with Gasteiger partial charge in [-0.3, -0.25) is 4.79 Å². The molecule has 0 spiro atoms. The van der Waals surface area contributed by atoms with Crippen LogP contribution in [0.1, 0.15) is 35.1 Å². The monoisotopic (exact) mass is 353 g/mol. The smallest absolute Gasteiger partial charge is 0.340 e. The number of hydrogen-bond acceptors (Lipinski definition) is 4. The summed E-state index contributed by atoms with van der Waals surface area (Å²) >= 11 is 0. The molecule has 0 aliphatic heterocycles. The van der Waals surface area contributed by atoms with Gasteiger partial charge in [0.1, 0.15) is 0 Å². The molecule has 6 heteroatoms. The van der Waals surface area contributed by atoms with Gasteiger partial charge in [0.2, 0.25) is 0 Å². The lowest BCUT2D eigenvalue weighted by molar-refractivity contribution is -0.121. The number of carbonyl (C=O) groups is 2. The third-order valence-corrected chi connectivity index (χ3v) is 4.25. The molecule has 0 aliphatic carbocycles. The molecule has 0 unspecified atom stereocenters. The number of ether oxygens (including phenoxy) is 1. The number of para-hydroxylation sites is 1. The van der Waals surface area contributed by atoms with Gasteiger partial charge in [0, 0.05) is 30.2 Å². The van der Waals surface area contributed by atoms with Crippen molar-refractivity contribution in [3.8, 4) is 6.07 Å². The van der Waals surface area contributed by atoms with Crippen LogP contribution in [0.3, 0.4) is 0 Å². The first-order valence-electron chi connectivity index (χ1n) is 8.55. The molecule has 1 aromatic carbocycles. The van der Waals surface area contributed by atoms with Crippen LogP contribution in [0.5, 0.6) is 0 Å². The van der Waals surface area contributed by atoms with E-state index < -0.39 is 5.97 Å². The van der Waals surface area contributed by atoms with E-state index in [-0.39, 0.29) is 25.5 Å². The normalized spacial score (nSPS) is 10.2. The summed E-state index contributed by atoms with van der Waals surface area (Å²) in [6, 6.07) is 12.8. The number of amides is 1. The first-order chi connectivity index (χ1) is 12.5. The molecule has 0 bridgehead atoms. The van der Waals surface area contributed by atoms with Gasteiger partial charge in [0.15, 0.2) is 6.61 Å². The Morgan fingerprint density at radius 1 is 1.23 bits per heavy atom. The lowest BCUT2D eigenvalue weighted by atomic mass is 10.2. The highest BCUT2D eigenvalue weighted by molar-refractivity contribution is 5.97. The van der Waals surface area contributed by atoms with E-state index in [2.05, 4.69) is 0 Å². The highest BCUT2D eigenvalue weighted by Crippen LogP contribution is 2.17.